The van der Waals surface area contributed by atoms with E-state index >= 15 is 0 Å². The summed E-state index contributed by atoms with van der Waals surface area (Å²) in [6, 6.07) is 6.20. The van der Waals surface area contributed by atoms with Gasteiger partial charge in [0, 0.05) is 32.7 Å². The number of hydrogen-bond donors (Lipinski definition) is 0. The molecule has 24 heavy (non-hydrogen) atoms. The maximum atomic E-state index is 12.8. The first-order valence-electron chi connectivity index (χ1n) is 6.64. The van der Waals surface area contributed by atoms with Crippen LogP contribution in [-0.4, -0.2) is 30.9 Å². The average molecular weight is 480 g/mol. The zero-order valence-corrected chi connectivity index (χ0v) is 16.9. The molecule has 0 aliphatic carbocycles. The van der Waals surface area contributed by atoms with Gasteiger partial charge in [0.25, 0.3) is 12.9 Å². The number of halogens is 5. The Morgan fingerprint density at radius 2 is 1.75 bits per heavy atom. The van der Waals surface area contributed by atoms with Crippen LogP contribution < -0.4 is 4.74 Å². The predicted octanol–water partition coefficient (Wildman–Crippen LogP) is 4.85. The van der Waals surface area contributed by atoms with Crippen molar-refractivity contribution in [3.8, 4) is 5.75 Å². The molecule has 0 atom stereocenters. The van der Waals surface area contributed by atoms with E-state index in [4.69, 9.17) is 4.74 Å². The fourth-order valence-electron chi connectivity index (χ4n) is 2.00. The van der Waals surface area contributed by atoms with Crippen LogP contribution in [0.2, 0.25) is 0 Å². The Morgan fingerprint density at radius 3 is 2.29 bits per heavy atom. The van der Waals surface area contributed by atoms with E-state index in [1.807, 2.05) is 0 Å². The van der Waals surface area contributed by atoms with E-state index in [0.29, 0.717) is 21.4 Å². The summed E-state index contributed by atoms with van der Waals surface area (Å²) in [6.45, 7) is 2.56. The van der Waals surface area contributed by atoms with Crippen molar-refractivity contribution in [2.24, 2.45) is 0 Å². The Kier molecular flexibility index (Phi) is 8.67. The topological polar surface area (TPSA) is 12.5 Å². The van der Waals surface area contributed by atoms with Crippen LogP contribution in [0.5, 0.6) is 5.75 Å². The maximum Gasteiger partial charge on any atom is 0.272 e. The van der Waals surface area contributed by atoms with Crippen LogP contribution in [0.4, 0.5) is 17.6 Å². The molecule has 0 aromatic heterocycles. The third-order valence-electron chi connectivity index (χ3n) is 3.03. The molecule has 0 saturated carbocycles. The van der Waals surface area contributed by atoms with Crippen LogP contribution in [0.3, 0.4) is 0 Å². The summed E-state index contributed by atoms with van der Waals surface area (Å²) in [6.07, 6.45) is -0.587. The molecule has 2 nitrogen and oxygen atoms in total. The molecule has 1 heterocycles. The van der Waals surface area contributed by atoms with Crippen LogP contribution in [0, 0.1) is 6.08 Å². The van der Waals surface area contributed by atoms with Crippen molar-refractivity contribution in [2.45, 2.75) is 12.9 Å². The average Bonchev–Trinajstić information content (AvgIpc) is 2.50. The second kappa shape index (κ2) is 9.73. The number of nitrogens with zero attached hydrogens (tertiary/aromatic N) is 1. The van der Waals surface area contributed by atoms with E-state index in [2.05, 4.69) is 28.6 Å². The van der Waals surface area contributed by atoms with Crippen molar-refractivity contribution >= 4 is 21.6 Å². The minimum atomic E-state index is -2.56. The molecular formula is C16H13BrF4NOY-. The van der Waals surface area contributed by atoms with Crippen molar-refractivity contribution in [3.05, 3.63) is 58.7 Å². The van der Waals surface area contributed by atoms with E-state index in [1.54, 1.807) is 18.2 Å². The zero-order chi connectivity index (χ0) is 17.0. The first-order chi connectivity index (χ1) is 10.9. The summed E-state index contributed by atoms with van der Waals surface area (Å²) in [4.78, 5) is 1.35. The van der Waals surface area contributed by atoms with E-state index < -0.39 is 26.0 Å². The Balaban J connectivity index is 0.00000288. The first-order valence-corrected chi connectivity index (χ1v) is 7.43. The van der Waals surface area contributed by atoms with Crippen molar-refractivity contribution in [3.63, 3.8) is 0 Å². The molecule has 1 aromatic carbocycles. The molecule has 1 aromatic rings. The second-order valence-corrected chi connectivity index (χ2v) is 5.51. The van der Waals surface area contributed by atoms with Crippen LogP contribution in [0.25, 0.3) is 5.70 Å². The Morgan fingerprint density at radius 1 is 1.12 bits per heavy atom. The quantitative estimate of drug-likeness (QED) is 0.427. The fraction of sp³-hybridized carbons (Fsp3) is 0.250. The molecule has 0 N–H and O–H groups in total. The maximum absolute atomic E-state index is 12.8. The van der Waals surface area contributed by atoms with Crippen LogP contribution >= 0.6 is 15.9 Å². The van der Waals surface area contributed by atoms with Crippen molar-refractivity contribution < 1.29 is 55.0 Å². The van der Waals surface area contributed by atoms with Gasteiger partial charge in [-0.3, -0.25) is 0 Å². The summed E-state index contributed by atoms with van der Waals surface area (Å²) >= 11 is 3.24. The van der Waals surface area contributed by atoms with Crippen LogP contribution in [0.15, 0.2) is 47.1 Å². The number of hydrogen-bond acceptors (Lipinski definition) is 2. The van der Waals surface area contributed by atoms with Gasteiger partial charge in [0.1, 0.15) is 12.4 Å². The molecular weight excluding hydrogens is 467 g/mol. The normalized spacial score (nSPS) is 14.5. The van der Waals surface area contributed by atoms with Crippen molar-refractivity contribution in [1.82, 2.24) is 4.90 Å². The number of alkyl halides is 4. The Labute approximate surface area is 171 Å². The molecule has 0 bridgehead atoms. The summed E-state index contributed by atoms with van der Waals surface area (Å²) < 4.78 is 55.3. The van der Waals surface area contributed by atoms with Gasteiger partial charge in [-0.25, -0.2) is 17.6 Å². The smallest absolute Gasteiger partial charge is 0.272 e. The molecule has 0 amide bonds. The molecule has 0 unspecified atom stereocenters. The second-order valence-electron chi connectivity index (χ2n) is 4.66. The van der Waals surface area contributed by atoms with Gasteiger partial charge in [-0.1, -0.05) is 22.3 Å². The predicted molar refractivity (Wildman–Crippen MR) is 83.5 cm³/mol. The van der Waals surface area contributed by atoms with Gasteiger partial charge in [-0.15, -0.1) is 28.1 Å². The zero-order valence-electron chi connectivity index (χ0n) is 12.5. The third kappa shape index (κ3) is 5.71. The van der Waals surface area contributed by atoms with Gasteiger partial charge in [0.2, 0.25) is 0 Å². The largest absolute Gasteiger partial charge is 0.488 e. The van der Waals surface area contributed by atoms with Gasteiger partial charge in [0.15, 0.2) is 0 Å². The van der Waals surface area contributed by atoms with E-state index in [0.717, 1.165) is 0 Å². The standard InChI is InChI=1S/C16H13BrF4NO.Y/c1-10-13(17)6-7-14(22(10)8-15(18)19)11-2-4-12(5-3-11)23-9-16(20)21;/h2-6,15-16H,1,8-9H2;/q-1;. The molecule has 2 rings (SSSR count). The number of benzene rings is 1. The fourth-order valence-corrected chi connectivity index (χ4v) is 2.33. The van der Waals surface area contributed by atoms with Gasteiger partial charge in [0.05, 0.1) is 6.54 Å². The SMILES string of the molecule is C=C1C(Br)=C[C-]=C(c2ccc(OCC(F)F)cc2)N1CC(F)F.[Y]. The molecule has 1 radical (unpaired) electrons. The van der Waals surface area contributed by atoms with Gasteiger partial charge in [-0.2, -0.15) is 12.2 Å². The van der Waals surface area contributed by atoms with Gasteiger partial charge >= 0.3 is 0 Å². The van der Waals surface area contributed by atoms with Crippen LogP contribution in [0.1, 0.15) is 5.56 Å². The summed E-state index contributed by atoms with van der Waals surface area (Å²) in [5.74, 6) is 0.279. The number of ether oxygens (including phenoxy) is 1. The minimum absolute atomic E-state index is 0. The summed E-state index contributed by atoms with van der Waals surface area (Å²) in [5, 5.41) is 0. The molecule has 0 spiro atoms. The third-order valence-corrected chi connectivity index (χ3v) is 3.72. The summed E-state index contributed by atoms with van der Waals surface area (Å²) in [5.41, 5.74) is 1.43. The van der Waals surface area contributed by atoms with E-state index in [1.165, 1.54) is 17.0 Å². The minimum Gasteiger partial charge on any atom is -0.488 e. The van der Waals surface area contributed by atoms with E-state index in [9.17, 15) is 17.6 Å². The van der Waals surface area contributed by atoms with Gasteiger partial charge in [-0.05, 0) is 17.8 Å². The van der Waals surface area contributed by atoms with Gasteiger partial charge < -0.3 is 9.64 Å². The molecule has 1 aliphatic rings. The van der Waals surface area contributed by atoms with Crippen molar-refractivity contribution in [1.29, 1.82) is 0 Å². The molecule has 0 saturated heterocycles. The summed E-state index contributed by atoms with van der Waals surface area (Å²) in [7, 11) is 0. The molecule has 127 valence electrons. The number of allylic oxidation sites excluding steroid dienone is 3. The number of rotatable bonds is 6. The molecule has 0 fully saturated rings. The van der Waals surface area contributed by atoms with Crippen molar-refractivity contribution in [2.75, 3.05) is 13.2 Å². The Bertz CT molecular complexity index is 631. The monoisotopic (exact) mass is 479 g/mol. The van der Waals surface area contributed by atoms with Crippen LogP contribution in [-0.2, 0) is 32.7 Å². The first kappa shape index (κ1) is 21.4. The Hall–Kier alpha value is -0.656. The van der Waals surface area contributed by atoms with E-state index in [-0.39, 0.29) is 38.5 Å². The molecule has 1 aliphatic heterocycles. The molecule has 8 heteroatoms.